The van der Waals surface area contributed by atoms with Gasteiger partial charge in [-0.15, -0.1) is 0 Å². The van der Waals surface area contributed by atoms with Crippen molar-refractivity contribution in [3.63, 3.8) is 0 Å². The molecule has 2 heteroatoms. The van der Waals surface area contributed by atoms with Gasteiger partial charge in [-0.05, 0) is 12.0 Å². The highest BCUT2D eigenvalue weighted by atomic mass is 79.9. The van der Waals surface area contributed by atoms with Crippen molar-refractivity contribution in [1.29, 1.82) is 5.26 Å². The number of nitrogens with zero attached hydrogens (tertiary/aromatic N) is 1. The summed E-state index contributed by atoms with van der Waals surface area (Å²) in [6.45, 7) is 0. The van der Waals surface area contributed by atoms with E-state index in [1.807, 2.05) is 30.3 Å². The van der Waals surface area contributed by atoms with E-state index in [1.165, 1.54) is 0 Å². The Bertz CT molecular complexity index is 327. The minimum Gasteiger partial charge on any atom is -0.197 e. The molecule has 0 amide bonds. The van der Waals surface area contributed by atoms with E-state index >= 15 is 0 Å². The first-order chi connectivity index (χ1) is 5.79. The molecule has 0 bridgehead atoms. The second-order valence-electron chi connectivity index (χ2n) is 3.12. The van der Waals surface area contributed by atoms with Crippen LogP contribution < -0.4 is 0 Å². The van der Waals surface area contributed by atoms with Crippen LogP contribution >= 0.6 is 15.9 Å². The Hall–Kier alpha value is -0.810. The maximum Gasteiger partial charge on any atom is 0.0958 e. The highest BCUT2D eigenvalue weighted by molar-refractivity contribution is 9.09. The van der Waals surface area contributed by atoms with Crippen molar-refractivity contribution < 1.29 is 0 Å². The molecule has 0 aromatic heterocycles. The molecule has 1 aromatic carbocycles. The Morgan fingerprint density at radius 1 is 1.42 bits per heavy atom. The molecule has 1 aliphatic carbocycles. The number of halogens is 1. The van der Waals surface area contributed by atoms with Gasteiger partial charge in [-0.25, -0.2) is 0 Å². The second-order valence-corrected chi connectivity index (χ2v) is 4.23. The zero-order chi connectivity index (χ0) is 8.60. The van der Waals surface area contributed by atoms with E-state index in [2.05, 4.69) is 22.0 Å². The summed E-state index contributed by atoms with van der Waals surface area (Å²) in [5.41, 5.74) is 0.899. The smallest absolute Gasteiger partial charge is 0.0958 e. The molecule has 60 valence electrons. The molecular weight excluding hydrogens is 214 g/mol. The third kappa shape index (κ3) is 0.971. The zero-order valence-electron chi connectivity index (χ0n) is 6.50. The highest BCUT2D eigenvalue weighted by Gasteiger charge is 2.54. The van der Waals surface area contributed by atoms with Crippen LogP contribution in [-0.2, 0) is 5.41 Å². The first-order valence-electron chi connectivity index (χ1n) is 3.90. The van der Waals surface area contributed by atoms with Crippen LogP contribution in [0.4, 0.5) is 0 Å². The second kappa shape index (κ2) is 2.60. The highest BCUT2D eigenvalue weighted by Crippen LogP contribution is 2.52. The number of nitriles is 1. The summed E-state index contributed by atoms with van der Waals surface area (Å²) in [4.78, 5) is 0.345. The maximum absolute atomic E-state index is 9.00. The summed E-state index contributed by atoms with van der Waals surface area (Å²) in [6, 6.07) is 12.3. The van der Waals surface area contributed by atoms with Crippen molar-refractivity contribution in [2.24, 2.45) is 0 Å². The molecule has 2 unspecified atom stereocenters. The zero-order valence-corrected chi connectivity index (χ0v) is 8.08. The summed E-state index contributed by atoms with van der Waals surface area (Å²) in [6.07, 6.45) is 0.938. The Morgan fingerprint density at radius 2 is 2.00 bits per heavy atom. The van der Waals surface area contributed by atoms with Crippen LogP contribution in [0.1, 0.15) is 12.0 Å². The van der Waals surface area contributed by atoms with Crippen molar-refractivity contribution in [3.05, 3.63) is 35.9 Å². The Labute approximate surface area is 80.1 Å². The molecule has 0 spiro atoms. The van der Waals surface area contributed by atoms with Gasteiger partial charge in [0.1, 0.15) is 0 Å². The van der Waals surface area contributed by atoms with Gasteiger partial charge in [0.25, 0.3) is 0 Å². The lowest BCUT2D eigenvalue weighted by Gasteiger charge is -2.04. The summed E-state index contributed by atoms with van der Waals surface area (Å²) in [5.74, 6) is 0. The van der Waals surface area contributed by atoms with Gasteiger partial charge >= 0.3 is 0 Å². The van der Waals surface area contributed by atoms with Crippen LogP contribution in [0.3, 0.4) is 0 Å². The van der Waals surface area contributed by atoms with Gasteiger partial charge in [0.05, 0.1) is 11.5 Å². The Kier molecular flexibility index (Phi) is 1.69. The summed E-state index contributed by atoms with van der Waals surface area (Å²) in [5, 5.41) is 9.00. The monoisotopic (exact) mass is 221 g/mol. The summed E-state index contributed by atoms with van der Waals surface area (Å²) >= 11 is 3.48. The van der Waals surface area contributed by atoms with Gasteiger partial charge in [-0.2, -0.15) is 5.26 Å². The first-order valence-corrected chi connectivity index (χ1v) is 4.82. The largest absolute Gasteiger partial charge is 0.197 e. The molecule has 0 saturated heterocycles. The van der Waals surface area contributed by atoms with Gasteiger partial charge in [0.2, 0.25) is 0 Å². The van der Waals surface area contributed by atoms with Crippen molar-refractivity contribution in [2.75, 3.05) is 0 Å². The van der Waals surface area contributed by atoms with Crippen LogP contribution in [0.15, 0.2) is 30.3 Å². The lowest BCUT2D eigenvalue weighted by molar-refractivity contribution is 0.916. The standard InChI is InChI=1S/C10H8BrN/c11-9-6-10(9,7-12)8-4-2-1-3-5-8/h1-5,9H,6H2. The topological polar surface area (TPSA) is 23.8 Å². The lowest BCUT2D eigenvalue weighted by atomic mass is 9.98. The Morgan fingerprint density at radius 3 is 2.42 bits per heavy atom. The minimum absolute atomic E-state index is 0.235. The molecule has 1 fully saturated rings. The van der Waals surface area contributed by atoms with Crippen LogP contribution in [-0.4, -0.2) is 4.83 Å². The Balaban J connectivity index is 2.39. The molecule has 1 aliphatic rings. The number of benzene rings is 1. The van der Waals surface area contributed by atoms with E-state index in [0.29, 0.717) is 4.83 Å². The van der Waals surface area contributed by atoms with Gasteiger partial charge in [0, 0.05) is 4.83 Å². The normalized spacial score (nSPS) is 32.5. The summed E-state index contributed by atoms with van der Waals surface area (Å²) in [7, 11) is 0. The first kappa shape index (κ1) is 7.82. The lowest BCUT2D eigenvalue weighted by Crippen LogP contribution is -2.05. The molecule has 0 heterocycles. The van der Waals surface area contributed by atoms with E-state index in [1.54, 1.807) is 0 Å². The molecule has 1 aromatic rings. The number of alkyl halides is 1. The molecule has 12 heavy (non-hydrogen) atoms. The number of hydrogen-bond acceptors (Lipinski definition) is 1. The van der Waals surface area contributed by atoms with Gasteiger partial charge in [-0.3, -0.25) is 0 Å². The molecule has 2 rings (SSSR count). The van der Waals surface area contributed by atoms with Crippen LogP contribution in [0.25, 0.3) is 0 Å². The van der Waals surface area contributed by atoms with E-state index in [-0.39, 0.29) is 5.41 Å². The average Bonchev–Trinajstić information content (AvgIpc) is 2.80. The van der Waals surface area contributed by atoms with Crippen molar-refractivity contribution in [3.8, 4) is 6.07 Å². The molecule has 0 N–H and O–H groups in total. The quantitative estimate of drug-likeness (QED) is 0.670. The van der Waals surface area contributed by atoms with Crippen LogP contribution in [0.5, 0.6) is 0 Å². The number of rotatable bonds is 1. The third-order valence-corrected chi connectivity index (χ3v) is 3.47. The van der Waals surface area contributed by atoms with Gasteiger partial charge in [-0.1, -0.05) is 46.3 Å². The molecule has 1 nitrogen and oxygen atoms in total. The van der Waals surface area contributed by atoms with Gasteiger partial charge in [0.15, 0.2) is 0 Å². The predicted octanol–water partition coefficient (Wildman–Crippen LogP) is 2.62. The van der Waals surface area contributed by atoms with E-state index in [4.69, 9.17) is 5.26 Å². The molecule has 1 saturated carbocycles. The molecule has 0 radical (unpaired) electrons. The average molecular weight is 222 g/mol. The maximum atomic E-state index is 9.00. The fourth-order valence-corrected chi connectivity index (χ4v) is 2.32. The summed E-state index contributed by atoms with van der Waals surface area (Å²) < 4.78 is 0. The van der Waals surface area contributed by atoms with Gasteiger partial charge < -0.3 is 0 Å². The van der Waals surface area contributed by atoms with Crippen molar-refractivity contribution in [1.82, 2.24) is 0 Å². The SMILES string of the molecule is N#CC1(c2ccccc2)CC1Br. The van der Waals surface area contributed by atoms with E-state index in [0.717, 1.165) is 12.0 Å². The van der Waals surface area contributed by atoms with Crippen molar-refractivity contribution >= 4 is 15.9 Å². The number of hydrogen-bond donors (Lipinski definition) is 0. The van der Waals surface area contributed by atoms with Crippen LogP contribution in [0.2, 0.25) is 0 Å². The minimum atomic E-state index is -0.235. The molecular formula is C10H8BrN. The van der Waals surface area contributed by atoms with E-state index < -0.39 is 0 Å². The van der Waals surface area contributed by atoms with Crippen LogP contribution in [0, 0.1) is 11.3 Å². The molecule has 2 atom stereocenters. The fourth-order valence-electron chi connectivity index (χ4n) is 1.44. The van der Waals surface area contributed by atoms with Crippen molar-refractivity contribution in [2.45, 2.75) is 16.7 Å². The predicted molar refractivity (Wildman–Crippen MR) is 51.1 cm³/mol. The third-order valence-electron chi connectivity index (χ3n) is 2.36. The molecule has 0 aliphatic heterocycles. The fraction of sp³-hybridized carbons (Fsp3) is 0.300. The van der Waals surface area contributed by atoms with E-state index in [9.17, 15) is 0 Å².